The van der Waals surface area contributed by atoms with Crippen molar-refractivity contribution in [2.45, 2.75) is 26.1 Å². The minimum Gasteiger partial charge on any atom is -0.369 e. The van der Waals surface area contributed by atoms with Crippen LogP contribution >= 0.6 is 0 Å². The molecule has 0 aliphatic heterocycles. The average molecular weight is 215 g/mol. The highest BCUT2D eigenvalue weighted by atomic mass is 19.1. The normalized spacial score (nSPS) is 13.2. The molecule has 2 nitrogen and oxygen atoms in total. The second-order valence-electron chi connectivity index (χ2n) is 3.54. The summed E-state index contributed by atoms with van der Waals surface area (Å²) >= 11 is 0. The van der Waals surface area contributed by atoms with Crippen LogP contribution in [0.2, 0.25) is 0 Å². The summed E-state index contributed by atoms with van der Waals surface area (Å²) in [4.78, 5) is 0. The molecule has 0 unspecified atom stereocenters. The molecule has 0 fully saturated rings. The second kappa shape index (κ2) is 5.19. The van der Waals surface area contributed by atoms with Gasteiger partial charge in [0.2, 0.25) is 0 Å². The van der Waals surface area contributed by atoms with Crippen molar-refractivity contribution in [3.05, 3.63) is 35.4 Å². The van der Waals surface area contributed by atoms with Crippen LogP contribution in [0.5, 0.6) is 0 Å². The highest BCUT2D eigenvalue weighted by molar-refractivity contribution is 5.22. The van der Waals surface area contributed by atoms with Gasteiger partial charge in [-0.05, 0) is 26.0 Å². The van der Waals surface area contributed by atoms with Gasteiger partial charge in [0, 0.05) is 6.54 Å². The zero-order valence-corrected chi connectivity index (χ0v) is 8.84. The van der Waals surface area contributed by atoms with Crippen molar-refractivity contribution in [1.82, 2.24) is 0 Å². The van der Waals surface area contributed by atoms with Gasteiger partial charge in [0.15, 0.2) is 0 Å². The van der Waals surface area contributed by atoms with Crippen molar-refractivity contribution in [3.8, 4) is 0 Å². The standard InChI is InChI=1S/C11H15F2NO/c1-7(2)15-10(6-14)11-8(12)4-3-5-9(11)13/h3-5,7,10H,6,14H2,1-2H3/t10-/m1/s1. The Balaban J connectivity index is 3.00. The lowest BCUT2D eigenvalue weighted by Gasteiger charge is -2.20. The van der Waals surface area contributed by atoms with E-state index in [4.69, 9.17) is 10.5 Å². The number of ether oxygens (including phenoxy) is 1. The summed E-state index contributed by atoms with van der Waals surface area (Å²) in [6.07, 6.45) is -0.858. The van der Waals surface area contributed by atoms with Crippen LogP contribution in [0.4, 0.5) is 8.78 Å². The quantitative estimate of drug-likeness (QED) is 0.837. The number of benzene rings is 1. The molecule has 0 aromatic heterocycles. The zero-order valence-electron chi connectivity index (χ0n) is 8.84. The average Bonchev–Trinajstić information content (AvgIpc) is 2.15. The van der Waals surface area contributed by atoms with Gasteiger partial charge in [-0.3, -0.25) is 0 Å². The SMILES string of the molecule is CC(C)O[C@H](CN)c1c(F)cccc1F. The maximum Gasteiger partial charge on any atom is 0.132 e. The predicted molar refractivity (Wildman–Crippen MR) is 54.4 cm³/mol. The topological polar surface area (TPSA) is 35.2 Å². The Labute approximate surface area is 88.0 Å². The fourth-order valence-electron chi connectivity index (χ4n) is 1.39. The van der Waals surface area contributed by atoms with E-state index in [0.717, 1.165) is 0 Å². The number of hydrogen-bond donors (Lipinski definition) is 1. The van der Waals surface area contributed by atoms with Crippen LogP contribution in [0.25, 0.3) is 0 Å². The van der Waals surface area contributed by atoms with E-state index in [1.54, 1.807) is 13.8 Å². The van der Waals surface area contributed by atoms with E-state index in [2.05, 4.69) is 0 Å². The van der Waals surface area contributed by atoms with E-state index in [0.29, 0.717) is 0 Å². The van der Waals surface area contributed by atoms with E-state index in [1.165, 1.54) is 18.2 Å². The smallest absolute Gasteiger partial charge is 0.132 e. The Hall–Kier alpha value is -1.00. The maximum atomic E-state index is 13.4. The minimum absolute atomic E-state index is 0.0516. The van der Waals surface area contributed by atoms with Crippen LogP contribution in [0.15, 0.2) is 18.2 Å². The number of hydrogen-bond acceptors (Lipinski definition) is 2. The summed E-state index contributed by atoms with van der Waals surface area (Å²) in [6.45, 7) is 3.64. The highest BCUT2D eigenvalue weighted by Gasteiger charge is 2.20. The minimum atomic E-state index is -0.730. The molecule has 0 saturated carbocycles. The van der Waals surface area contributed by atoms with E-state index < -0.39 is 17.7 Å². The molecule has 0 aliphatic rings. The van der Waals surface area contributed by atoms with Crippen LogP contribution in [0.3, 0.4) is 0 Å². The monoisotopic (exact) mass is 215 g/mol. The predicted octanol–water partition coefficient (Wildman–Crippen LogP) is 2.39. The van der Waals surface area contributed by atoms with Gasteiger partial charge in [-0.2, -0.15) is 0 Å². The largest absolute Gasteiger partial charge is 0.369 e. The molecular formula is C11H15F2NO. The van der Waals surface area contributed by atoms with Crippen molar-refractivity contribution in [2.24, 2.45) is 5.73 Å². The van der Waals surface area contributed by atoms with Gasteiger partial charge in [0.05, 0.1) is 11.7 Å². The van der Waals surface area contributed by atoms with Gasteiger partial charge in [0.25, 0.3) is 0 Å². The molecule has 0 saturated heterocycles. The van der Waals surface area contributed by atoms with Crippen LogP contribution in [-0.4, -0.2) is 12.6 Å². The fourth-order valence-corrected chi connectivity index (χ4v) is 1.39. The molecule has 2 N–H and O–H groups in total. The molecular weight excluding hydrogens is 200 g/mol. The Morgan fingerprint density at radius 2 is 1.80 bits per heavy atom. The highest BCUT2D eigenvalue weighted by Crippen LogP contribution is 2.23. The van der Waals surface area contributed by atoms with Crippen molar-refractivity contribution in [2.75, 3.05) is 6.54 Å². The number of rotatable bonds is 4. The third-order valence-electron chi connectivity index (χ3n) is 1.97. The lowest BCUT2D eigenvalue weighted by Crippen LogP contribution is -2.21. The molecule has 4 heteroatoms. The second-order valence-corrected chi connectivity index (χ2v) is 3.54. The molecule has 0 amide bonds. The van der Waals surface area contributed by atoms with Gasteiger partial charge >= 0.3 is 0 Å². The Bertz CT molecular complexity index is 308. The van der Waals surface area contributed by atoms with E-state index in [9.17, 15) is 8.78 Å². The van der Waals surface area contributed by atoms with Gasteiger partial charge in [-0.25, -0.2) is 8.78 Å². The van der Waals surface area contributed by atoms with Crippen molar-refractivity contribution < 1.29 is 13.5 Å². The molecule has 0 spiro atoms. The molecule has 1 aromatic carbocycles. The van der Waals surface area contributed by atoms with Gasteiger partial charge < -0.3 is 10.5 Å². The zero-order chi connectivity index (χ0) is 11.4. The van der Waals surface area contributed by atoms with Crippen LogP contribution < -0.4 is 5.73 Å². The van der Waals surface area contributed by atoms with Crippen LogP contribution in [0, 0.1) is 11.6 Å². The Morgan fingerprint density at radius 1 is 1.27 bits per heavy atom. The Morgan fingerprint density at radius 3 is 2.20 bits per heavy atom. The van der Waals surface area contributed by atoms with E-state index in [1.807, 2.05) is 0 Å². The van der Waals surface area contributed by atoms with Crippen LogP contribution in [0.1, 0.15) is 25.5 Å². The van der Waals surface area contributed by atoms with Crippen LogP contribution in [-0.2, 0) is 4.74 Å². The van der Waals surface area contributed by atoms with Crippen molar-refractivity contribution in [1.29, 1.82) is 0 Å². The van der Waals surface area contributed by atoms with Gasteiger partial charge in [-0.1, -0.05) is 6.07 Å². The number of halogens is 2. The third kappa shape index (κ3) is 2.97. The summed E-state index contributed by atoms with van der Waals surface area (Å²) in [5.41, 5.74) is 5.34. The lowest BCUT2D eigenvalue weighted by atomic mass is 10.1. The fraction of sp³-hybridized carbons (Fsp3) is 0.455. The van der Waals surface area contributed by atoms with E-state index in [-0.39, 0.29) is 18.2 Å². The molecule has 1 atom stereocenters. The molecule has 0 radical (unpaired) electrons. The lowest BCUT2D eigenvalue weighted by molar-refractivity contribution is 0.00805. The van der Waals surface area contributed by atoms with Crippen molar-refractivity contribution in [3.63, 3.8) is 0 Å². The molecule has 15 heavy (non-hydrogen) atoms. The first-order valence-corrected chi connectivity index (χ1v) is 4.85. The van der Waals surface area contributed by atoms with Gasteiger partial charge in [-0.15, -0.1) is 0 Å². The number of nitrogens with two attached hydrogens (primary N) is 1. The molecule has 0 aliphatic carbocycles. The molecule has 0 bridgehead atoms. The summed E-state index contributed by atoms with van der Waals surface area (Å²) in [5.74, 6) is -1.24. The molecule has 0 heterocycles. The van der Waals surface area contributed by atoms with E-state index >= 15 is 0 Å². The summed E-state index contributed by atoms with van der Waals surface area (Å²) in [7, 11) is 0. The Kier molecular flexibility index (Phi) is 4.17. The molecule has 84 valence electrons. The third-order valence-corrected chi connectivity index (χ3v) is 1.97. The first-order valence-electron chi connectivity index (χ1n) is 4.85. The first-order chi connectivity index (χ1) is 7.06. The summed E-state index contributed by atoms with van der Waals surface area (Å²) in [6, 6.07) is 3.71. The van der Waals surface area contributed by atoms with Gasteiger partial charge in [0.1, 0.15) is 17.7 Å². The first kappa shape index (κ1) is 12.1. The molecule has 1 aromatic rings. The maximum absolute atomic E-state index is 13.4. The summed E-state index contributed by atoms with van der Waals surface area (Å²) < 4.78 is 32.1. The molecule has 1 rings (SSSR count). The van der Waals surface area contributed by atoms with Crippen molar-refractivity contribution >= 4 is 0 Å². The summed E-state index contributed by atoms with van der Waals surface area (Å²) in [5, 5.41) is 0.